The summed E-state index contributed by atoms with van der Waals surface area (Å²) in [4.78, 5) is 33.9. The molecule has 12 heteroatoms. The van der Waals surface area contributed by atoms with E-state index in [2.05, 4.69) is 0 Å². The van der Waals surface area contributed by atoms with Crippen molar-refractivity contribution in [1.29, 1.82) is 0 Å². The van der Waals surface area contributed by atoms with Gasteiger partial charge in [0.15, 0.2) is 0 Å². The van der Waals surface area contributed by atoms with Crippen LogP contribution in [0.25, 0.3) is 18.2 Å². The third-order valence-corrected chi connectivity index (χ3v) is 6.61. The van der Waals surface area contributed by atoms with Crippen LogP contribution in [0, 0.1) is 0 Å². The molecule has 0 aliphatic carbocycles. The molecule has 0 spiro atoms. The van der Waals surface area contributed by atoms with Crippen molar-refractivity contribution in [3.63, 3.8) is 0 Å². The molecule has 0 fully saturated rings. The van der Waals surface area contributed by atoms with Crippen molar-refractivity contribution in [2.45, 2.75) is 20.8 Å². The van der Waals surface area contributed by atoms with E-state index in [1.54, 1.807) is 39.6 Å². The maximum atomic E-state index is 11.3. The Labute approximate surface area is 319 Å². The summed E-state index contributed by atoms with van der Waals surface area (Å²) in [7, 11) is 4.84. The molecule has 0 saturated carbocycles. The number of rotatable bonds is 21. The standard InChI is InChI=1S/3C14H18O4/c3*1-3-17-10-11-18-14(15)9-6-12-4-7-13(16-2)8-5-12/h3*4-9H,3,10-11H2,1-2H3/b3*9-6+. The van der Waals surface area contributed by atoms with Crippen LogP contribution in [0.5, 0.6) is 17.2 Å². The molecule has 0 bridgehead atoms. The molecule has 294 valence electrons. The molecule has 0 N–H and O–H groups in total. The molecular formula is C42H54O12. The van der Waals surface area contributed by atoms with E-state index >= 15 is 0 Å². The topological polar surface area (TPSA) is 134 Å². The zero-order chi connectivity index (χ0) is 39.7. The molecule has 0 aliphatic rings. The number of carbonyl (C=O) groups is 3. The number of ether oxygens (including phenoxy) is 9. The zero-order valence-electron chi connectivity index (χ0n) is 32.2. The van der Waals surface area contributed by atoms with Crippen LogP contribution in [0.15, 0.2) is 91.0 Å². The average molecular weight is 751 g/mol. The molecule has 3 rings (SSSR count). The van der Waals surface area contributed by atoms with Gasteiger partial charge in [-0.3, -0.25) is 0 Å². The van der Waals surface area contributed by atoms with Gasteiger partial charge in [0.2, 0.25) is 0 Å². The molecule has 3 aromatic carbocycles. The second-order valence-corrected chi connectivity index (χ2v) is 10.4. The van der Waals surface area contributed by atoms with Crippen LogP contribution < -0.4 is 14.2 Å². The Morgan fingerprint density at radius 2 is 0.648 bits per heavy atom. The van der Waals surface area contributed by atoms with Crippen molar-refractivity contribution in [1.82, 2.24) is 0 Å². The number of methoxy groups -OCH3 is 3. The van der Waals surface area contributed by atoms with Crippen molar-refractivity contribution < 1.29 is 57.0 Å². The molecular weight excluding hydrogens is 696 g/mol. The van der Waals surface area contributed by atoms with Gasteiger partial charge in [-0.2, -0.15) is 0 Å². The first kappa shape index (κ1) is 46.6. The van der Waals surface area contributed by atoms with Gasteiger partial charge in [0.1, 0.15) is 37.1 Å². The molecule has 0 aliphatic heterocycles. The second kappa shape index (κ2) is 31.1. The lowest BCUT2D eigenvalue weighted by Gasteiger charge is -2.02. The highest BCUT2D eigenvalue weighted by atomic mass is 16.6. The van der Waals surface area contributed by atoms with E-state index in [9.17, 15) is 14.4 Å². The summed E-state index contributed by atoms with van der Waals surface area (Å²) >= 11 is 0. The van der Waals surface area contributed by atoms with Crippen LogP contribution in [0.3, 0.4) is 0 Å². The SMILES string of the molecule is CCOCCOC(=O)/C=C/c1ccc(OC)cc1.CCOCCOC(=O)/C=C/c1ccc(OC)cc1.CCOCCOC(=O)/C=C/c1ccc(OC)cc1. The van der Waals surface area contributed by atoms with Crippen molar-refractivity contribution in [2.24, 2.45) is 0 Å². The summed E-state index contributed by atoms with van der Waals surface area (Å²) in [5, 5.41) is 0. The predicted octanol–water partition coefficient (Wildman–Crippen LogP) is 6.86. The molecule has 3 aromatic rings. The van der Waals surface area contributed by atoms with Gasteiger partial charge in [0.05, 0.1) is 41.2 Å². The highest BCUT2D eigenvalue weighted by Crippen LogP contribution is 2.14. The first-order chi connectivity index (χ1) is 26.3. The van der Waals surface area contributed by atoms with Crippen molar-refractivity contribution in [2.75, 3.05) is 80.8 Å². The zero-order valence-corrected chi connectivity index (χ0v) is 32.2. The van der Waals surface area contributed by atoms with Gasteiger partial charge in [-0.1, -0.05) is 36.4 Å². The van der Waals surface area contributed by atoms with Gasteiger partial charge in [0, 0.05) is 38.0 Å². The van der Waals surface area contributed by atoms with Crippen LogP contribution in [0.2, 0.25) is 0 Å². The van der Waals surface area contributed by atoms with Crippen LogP contribution in [-0.4, -0.2) is 98.7 Å². The van der Waals surface area contributed by atoms with E-state index in [0.29, 0.717) is 39.6 Å². The Hall–Kier alpha value is -5.43. The molecule has 0 amide bonds. The summed E-state index contributed by atoms with van der Waals surface area (Å²) < 4.78 is 45.1. The fraction of sp³-hybridized carbons (Fsp3) is 0.357. The minimum atomic E-state index is -0.370. The molecule has 0 atom stereocenters. The Morgan fingerprint density at radius 1 is 0.407 bits per heavy atom. The molecule has 54 heavy (non-hydrogen) atoms. The minimum Gasteiger partial charge on any atom is -0.497 e. The molecule has 0 radical (unpaired) electrons. The maximum Gasteiger partial charge on any atom is 0.330 e. The lowest BCUT2D eigenvalue weighted by Crippen LogP contribution is -2.08. The smallest absolute Gasteiger partial charge is 0.330 e. The van der Waals surface area contributed by atoms with Gasteiger partial charge < -0.3 is 42.6 Å². The number of carbonyl (C=O) groups excluding carboxylic acids is 3. The summed E-state index contributed by atoms with van der Waals surface area (Å²) in [6, 6.07) is 22.2. The highest BCUT2D eigenvalue weighted by molar-refractivity contribution is 5.88. The Balaban J connectivity index is 0.000000405. The van der Waals surface area contributed by atoms with E-state index in [0.717, 1.165) is 33.9 Å². The third-order valence-electron chi connectivity index (χ3n) is 6.61. The van der Waals surface area contributed by atoms with Crippen molar-refractivity contribution in [3.8, 4) is 17.2 Å². The van der Waals surface area contributed by atoms with Crippen LogP contribution >= 0.6 is 0 Å². The van der Waals surface area contributed by atoms with Gasteiger partial charge in [-0.25, -0.2) is 14.4 Å². The molecule has 0 unspecified atom stereocenters. The largest absolute Gasteiger partial charge is 0.497 e. The van der Waals surface area contributed by atoms with E-state index in [1.165, 1.54) is 18.2 Å². The number of esters is 3. The van der Waals surface area contributed by atoms with E-state index in [4.69, 9.17) is 42.6 Å². The fourth-order valence-electron chi connectivity index (χ4n) is 3.82. The van der Waals surface area contributed by atoms with Crippen molar-refractivity contribution >= 4 is 36.1 Å². The Kier molecular flexibility index (Phi) is 26.9. The van der Waals surface area contributed by atoms with Gasteiger partial charge >= 0.3 is 17.9 Å². The monoisotopic (exact) mass is 750 g/mol. The molecule has 0 heterocycles. The van der Waals surface area contributed by atoms with E-state index in [-0.39, 0.29) is 37.7 Å². The normalized spacial score (nSPS) is 10.6. The maximum absolute atomic E-state index is 11.3. The minimum absolute atomic E-state index is 0.277. The van der Waals surface area contributed by atoms with E-state index in [1.807, 2.05) is 93.6 Å². The third kappa shape index (κ3) is 23.9. The molecule has 12 nitrogen and oxygen atoms in total. The number of hydrogen-bond donors (Lipinski definition) is 0. The predicted molar refractivity (Wildman–Crippen MR) is 208 cm³/mol. The molecule has 0 aromatic heterocycles. The second-order valence-electron chi connectivity index (χ2n) is 10.4. The van der Waals surface area contributed by atoms with Crippen LogP contribution in [0.1, 0.15) is 37.5 Å². The Bertz CT molecular complexity index is 1330. The molecule has 0 saturated heterocycles. The summed E-state index contributed by atoms with van der Waals surface area (Å²) in [5.41, 5.74) is 2.74. The quantitative estimate of drug-likeness (QED) is 0.0487. The van der Waals surface area contributed by atoms with Gasteiger partial charge in [0.25, 0.3) is 0 Å². The summed E-state index contributed by atoms with van der Waals surface area (Å²) in [5.74, 6) is 1.24. The van der Waals surface area contributed by atoms with Crippen LogP contribution in [0.4, 0.5) is 0 Å². The van der Waals surface area contributed by atoms with Crippen LogP contribution in [-0.2, 0) is 42.8 Å². The fourth-order valence-corrected chi connectivity index (χ4v) is 3.82. The first-order valence-corrected chi connectivity index (χ1v) is 17.5. The van der Waals surface area contributed by atoms with Gasteiger partial charge in [-0.15, -0.1) is 0 Å². The van der Waals surface area contributed by atoms with Crippen molar-refractivity contribution in [3.05, 3.63) is 108 Å². The highest BCUT2D eigenvalue weighted by Gasteiger charge is 1.99. The number of hydrogen-bond acceptors (Lipinski definition) is 12. The summed E-state index contributed by atoms with van der Waals surface area (Å²) in [6.07, 6.45) is 9.28. The van der Waals surface area contributed by atoms with Gasteiger partial charge in [-0.05, 0) is 92.1 Å². The first-order valence-electron chi connectivity index (χ1n) is 17.5. The lowest BCUT2D eigenvalue weighted by atomic mass is 10.2. The van der Waals surface area contributed by atoms with E-state index < -0.39 is 0 Å². The number of benzene rings is 3. The Morgan fingerprint density at radius 3 is 0.852 bits per heavy atom. The summed E-state index contributed by atoms with van der Waals surface area (Å²) in [6.45, 7) is 9.68. The average Bonchev–Trinajstić information content (AvgIpc) is 3.21. The lowest BCUT2D eigenvalue weighted by molar-refractivity contribution is -0.140.